The summed E-state index contributed by atoms with van der Waals surface area (Å²) in [6.07, 6.45) is 5.03. The molecular weight excluding hydrogens is 192 g/mol. The van der Waals surface area contributed by atoms with Crippen molar-refractivity contribution in [2.75, 3.05) is 0 Å². The number of nitrogens with one attached hydrogen (secondary N) is 1. The van der Waals surface area contributed by atoms with Crippen molar-refractivity contribution in [3.05, 3.63) is 42.2 Å². The first-order valence-corrected chi connectivity index (χ1v) is 4.53. The standard InChI is InChI=1S/C9H12N6/c1-15-5-3-8(14-15)9(13-10)7-2-4-11-6-12-7/h2-6,9,13H,10H2,1H3. The molecule has 78 valence electrons. The Morgan fingerprint density at radius 1 is 1.40 bits per heavy atom. The Kier molecular flexibility index (Phi) is 2.70. The molecule has 0 fully saturated rings. The third-order valence-electron chi connectivity index (χ3n) is 2.10. The lowest BCUT2D eigenvalue weighted by atomic mass is 10.1. The van der Waals surface area contributed by atoms with E-state index in [1.807, 2.05) is 19.3 Å². The molecule has 1 unspecified atom stereocenters. The van der Waals surface area contributed by atoms with Gasteiger partial charge in [-0.1, -0.05) is 0 Å². The highest BCUT2D eigenvalue weighted by molar-refractivity contribution is 5.18. The van der Waals surface area contributed by atoms with Gasteiger partial charge in [0.2, 0.25) is 0 Å². The van der Waals surface area contributed by atoms with Crippen LogP contribution in [0.3, 0.4) is 0 Å². The third-order valence-corrected chi connectivity index (χ3v) is 2.10. The van der Waals surface area contributed by atoms with Gasteiger partial charge in [0.15, 0.2) is 0 Å². The SMILES string of the molecule is Cn1ccc(C(NN)c2ccncn2)n1. The van der Waals surface area contributed by atoms with Crippen molar-refractivity contribution in [1.82, 2.24) is 25.2 Å². The molecule has 15 heavy (non-hydrogen) atoms. The molecule has 0 radical (unpaired) electrons. The molecule has 2 aromatic heterocycles. The number of nitrogens with two attached hydrogens (primary N) is 1. The highest BCUT2D eigenvalue weighted by Crippen LogP contribution is 2.16. The van der Waals surface area contributed by atoms with Crippen LogP contribution >= 0.6 is 0 Å². The molecule has 0 aliphatic heterocycles. The minimum atomic E-state index is -0.200. The number of aryl methyl sites for hydroxylation is 1. The summed E-state index contributed by atoms with van der Waals surface area (Å²) < 4.78 is 1.72. The van der Waals surface area contributed by atoms with Gasteiger partial charge < -0.3 is 0 Å². The zero-order valence-corrected chi connectivity index (χ0v) is 8.33. The van der Waals surface area contributed by atoms with E-state index in [1.165, 1.54) is 6.33 Å². The molecular formula is C9H12N6. The fraction of sp³-hybridized carbons (Fsp3) is 0.222. The predicted molar refractivity (Wildman–Crippen MR) is 54.4 cm³/mol. The van der Waals surface area contributed by atoms with Gasteiger partial charge in [-0.15, -0.1) is 0 Å². The van der Waals surface area contributed by atoms with Crippen LogP contribution in [0.1, 0.15) is 17.4 Å². The fourth-order valence-electron chi connectivity index (χ4n) is 1.38. The molecule has 0 aliphatic carbocycles. The van der Waals surface area contributed by atoms with Crippen molar-refractivity contribution in [3.63, 3.8) is 0 Å². The van der Waals surface area contributed by atoms with E-state index in [0.29, 0.717) is 0 Å². The monoisotopic (exact) mass is 204 g/mol. The highest BCUT2D eigenvalue weighted by Gasteiger charge is 2.15. The van der Waals surface area contributed by atoms with Crippen molar-refractivity contribution in [3.8, 4) is 0 Å². The lowest BCUT2D eigenvalue weighted by molar-refractivity contribution is 0.589. The van der Waals surface area contributed by atoms with E-state index in [2.05, 4.69) is 20.5 Å². The van der Waals surface area contributed by atoms with Crippen LogP contribution in [0.25, 0.3) is 0 Å². The van der Waals surface area contributed by atoms with Gasteiger partial charge in [0.1, 0.15) is 12.4 Å². The second-order valence-electron chi connectivity index (χ2n) is 3.15. The number of aromatic nitrogens is 4. The molecule has 0 saturated heterocycles. The Bertz CT molecular complexity index is 423. The molecule has 0 saturated carbocycles. The van der Waals surface area contributed by atoms with Crippen LogP contribution in [-0.2, 0) is 7.05 Å². The van der Waals surface area contributed by atoms with Gasteiger partial charge in [0, 0.05) is 19.4 Å². The second kappa shape index (κ2) is 4.16. The average Bonchev–Trinajstić information content (AvgIpc) is 2.68. The zero-order valence-electron chi connectivity index (χ0n) is 8.33. The van der Waals surface area contributed by atoms with Crippen LogP contribution in [-0.4, -0.2) is 19.7 Å². The Labute approximate surface area is 87.1 Å². The first-order chi connectivity index (χ1) is 7.31. The molecule has 2 aromatic rings. The van der Waals surface area contributed by atoms with Crippen LogP contribution in [0.15, 0.2) is 30.9 Å². The lowest BCUT2D eigenvalue weighted by Gasteiger charge is -2.11. The van der Waals surface area contributed by atoms with Crippen molar-refractivity contribution >= 4 is 0 Å². The van der Waals surface area contributed by atoms with Crippen LogP contribution in [0, 0.1) is 0 Å². The summed E-state index contributed by atoms with van der Waals surface area (Å²) in [5.74, 6) is 5.49. The van der Waals surface area contributed by atoms with Crippen molar-refractivity contribution in [2.24, 2.45) is 12.9 Å². The first kappa shape index (κ1) is 9.75. The van der Waals surface area contributed by atoms with Crippen molar-refractivity contribution in [2.45, 2.75) is 6.04 Å². The van der Waals surface area contributed by atoms with E-state index in [1.54, 1.807) is 16.9 Å². The summed E-state index contributed by atoms with van der Waals surface area (Å²) in [6.45, 7) is 0. The quantitative estimate of drug-likeness (QED) is 0.533. The molecule has 0 bridgehead atoms. The van der Waals surface area contributed by atoms with Crippen LogP contribution in [0.4, 0.5) is 0 Å². The van der Waals surface area contributed by atoms with Crippen molar-refractivity contribution < 1.29 is 0 Å². The van der Waals surface area contributed by atoms with Crippen molar-refractivity contribution in [1.29, 1.82) is 0 Å². The fourth-order valence-corrected chi connectivity index (χ4v) is 1.38. The maximum Gasteiger partial charge on any atom is 0.115 e. The third kappa shape index (κ3) is 2.00. The maximum absolute atomic E-state index is 5.49. The smallest absolute Gasteiger partial charge is 0.115 e. The molecule has 6 heteroatoms. The largest absolute Gasteiger partial charge is 0.275 e. The molecule has 2 rings (SSSR count). The van der Waals surface area contributed by atoms with Gasteiger partial charge in [0.05, 0.1) is 11.4 Å². The molecule has 0 amide bonds. The molecule has 1 atom stereocenters. The van der Waals surface area contributed by atoms with Gasteiger partial charge >= 0.3 is 0 Å². The molecule has 0 aliphatic rings. The summed E-state index contributed by atoms with van der Waals surface area (Å²) in [4.78, 5) is 7.99. The van der Waals surface area contributed by atoms with Gasteiger partial charge in [-0.25, -0.2) is 15.4 Å². The van der Waals surface area contributed by atoms with Crippen LogP contribution in [0.2, 0.25) is 0 Å². The van der Waals surface area contributed by atoms with E-state index in [0.717, 1.165) is 11.4 Å². The number of rotatable bonds is 3. The molecule has 0 aromatic carbocycles. The summed E-state index contributed by atoms with van der Waals surface area (Å²) in [5, 5.41) is 4.27. The summed E-state index contributed by atoms with van der Waals surface area (Å²) in [6, 6.07) is 3.50. The summed E-state index contributed by atoms with van der Waals surface area (Å²) in [5.41, 5.74) is 4.31. The highest BCUT2D eigenvalue weighted by atomic mass is 15.3. The summed E-state index contributed by atoms with van der Waals surface area (Å²) in [7, 11) is 1.86. The minimum Gasteiger partial charge on any atom is -0.275 e. The van der Waals surface area contributed by atoms with E-state index >= 15 is 0 Å². The van der Waals surface area contributed by atoms with Gasteiger partial charge in [-0.2, -0.15) is 5.10 Å². The summed E-state index contributed by atoms with van der Waals surface area (Å²) >= 11 is 0. The van der Waals surface area contributed by atoms with E-state index in [4.69, 9.17) is 5.84 Å². The number of nitrogens with zero attached hydrogens (tertiary/aromatic N) is 4. The minimum absolute atomic E-state index is 0.200. The Morgan fingerprint density at radius 3 is 2.80 bits per heavy atom. The normalized spacial score (nSPS) is 12.7. The molecule has 6 nitrogen and oxygen atoms in total. The number of hydrazine groups is 1. The molecule has 2 heterocycles. The zero-order chi connectivity index (χ0) is 10.7. The van der Waals surface area contributed by atoms with E-state index < -0.39 is 0 Å². The maximum atomic E-state index is 5.49. The molecule has 3 N–H and O–H groups in total. The van der Waals surface area contributed by atoms with E-state index in [-0.39, 0.29) is 6.04 Å². The van der Waals surface area contributed by atoms with Crippen LogP contribution < -0.4 is 11.3 Å². The topological polar surface area (TPSA) is 81.7 Å². The first-order valence-electron chi connectivity index (χ1n) is 4.53. The lowest BCUT2D eigenvalue weighted by Crippen LogP contribution is -2.29. The average molecular weight is 204 g/mol. The second-order valence-corrected chi connectivity index (χ2v) is 3.15. The Morgan fingerprint density at radius 2 is 2.27 bits per heavy atom. The van der Waals surface area contributed by atoms with Gasteiger partial charge in [-0.05, 0) is 12.1 Å². The van der Waals surface area contributed by atoms with Gasteiger partial charge in [-0.3, -0.25) is 10.5 Å². The van der Waals surface area contributed by atoms with Gasteiger partial charge in [0.25, 0.3) is 0 Å². The Balaban J connectivity index is 2.33. The van der Waals surface area contributed by atoms with Crippen LogP contribution in [0.5, 0.6) is 0 Å². The Hall–Kier alpha value is -1.79. The predicted octanol–water partition coefficient (Wildman–Crippen LogP) is -0.237. The number of hydrogen-bond donors (Lipinski definition) is 2. The van der Waals surface area contributed by atoms with E-state index in [9.17, 15) is 0 Å². The number of hydrogen-bond acceptors (Lipinski definition) is 5. The molecule has 0 spiro atoms.